The number of fused-ring (bicyclic) bond motifs is 1. The molecule has 3 heterocycles. The van der Waals surface area contributed by atoms with E-state index in [4.69, 9.17) is 4.42 Å². The van der Waals surface area contributed by atoms with Crippen LogP contribution in [0, 0.1) is 0 Å². The van der Waals surface area contributed by atoms with Gasteiger partial charge in [0.05, 0.1) is 6.54 Å². The van der Waals surface area contributed by atoms with Crippen molar-refractivity contribution in [3.63, 3.8) is 0 Å². The van der Waals surface area contributed by atoms with Crippen LogP contribution >= 0.6 is 11.3 Å². The van der Waals surface area contributed by atoms with E-state index in [9.17, 15) is 0 Å². The van der Waals surface area contributed by atoms with Crippen LogP contribution in [0.3, 0.4) is 0 Å². The molecule has 0 radical (unpaired) electrons. The molecular formula is C19H22N2OS. The minimum absolute atomic E-state index is 0.918. The summed E-state index contributed by atoms with van der Waals surface area (Å²) in [6.07, 6.45) is 1.23. The second-order valence-electron chi connectivity index (χ2n) is 6.29. The van der Waals surface area contributed by atoms with Gasteiger partial charge in [0.2, 0.25) is 0 Å². The van der Waals surface area contributed by atoms with E-state index in [-0.39, 0.29) is 0 Å². The van der Waals surface area contributed by atoms with Gasteiger partial charge in [0.15, 0.2) is 0 Å². The zero-order valence-corrected chi connectivity index (χ0v) is 14.1. The Morgan fingerprint density at radius 3 is 2.57 bits per heavy atom. The molecule has 1 aliphatic heterocycles. The minimum atomic E-state index is 0.918. The van der Waals surface area contributed by atoms with E-state index >= 15 is 0 Å². The number of nitrogens with zero attached hydrogens (tertiary/aromatic N) is 2. The first kappa shape index (κ1) is 14.9. The summed E-state index contributed by atoms with van der Waals surface area (Å²) in [7, 11) is 0. The monoisotopic (exact) mass is 326 g/mol. The molecule has 0 aliphatic carbocycles. The number of thiophene rings is 1. The van der Waals surface area contributed by atoms with Crippen LogP contribution in [-0.4, -0.2) is 36.0 Å². The molecule has 120 valence electrons. The molecule has 3 nitrogen and oxygen atoms in total. The maximum atomic E-state index is 5.97. The molecule has 1 fully saturated rings. The molecule has 0 unspecified atom stereocenters. The van der Waals surface area contributed by atoms with Crippen molar-refractivity contribution >= 4 is 22.3 Å². The summed E-state index contributed by atoms with van der Waals surface area (Å²) in [5.74, 6) is 1.08. The molecule has 0 N–H and O–H groups in total. The largest absolute Gasteiger partial charge is 0.460 e. The van der Waals surface area contributed by atoms with Crippen LogP contribution in [0.25, 0.3) is 11.0 Å². The van der Waals surface area contributed by atoms with Crippen LogP contribution in [0.2, 0.25) is 0 Å². The summed E-state index contributed by atoms with van der Waals surface area (Å²) in [4.78, 5) is 5.09. The fourth-order valence-corrected chi connectivity index (χ4v) is 3.98. The van der Waals surface area contributed by atoms with Crippen LogP contribution in [0.4, 0.5) is 0 Å². The van der Waals surface area contributed by atoms with E-state index in [0.717, 1.165) is 44.1 Å². The average Bonchev–Trinajstić information content (AvgIpc) is 3.15. The van der Waals surface area contributed by atoms with Crippen LogP contribution in [0.1, 0.15) is 17.7 Å². The van der Waals surface area contributed by atoms with Crippen molar-refractivity contribution in [2.45, 2.75) is 19.5 Å². The third kappa shape index (κ3) is 3.66. The van der Waals surface area contributed by atoms with E-state index in [0.29, 0.717) is 0 Å². The maximum Gasteiger partial charge on any atom is 0.134 e. The van der Waals surface area contributed by atoms with Crippen molar-refractivity contribution in [1.29, 1.82) is 0 Å². The van der Waals surface area contributed by atoms with Gasteiger partial charge in [-0.25, -0.2) is 0 Å². The predicted octanol–water partition coefficient (Wildman–Crippen LogP) is 4.20. The molecule has 0 bridgehead atoms. The first-order chi connectivity index (χ1) is 11.4. The van der Waals surface area contributed by atoms with Crippen LogP contribution in [0.15, 0.2) is 51.6 Å². The molecule has 2 aromatic heterocycles. The SMILES string of the molecule is c1ccc2oc(CN3CCCN(Cc4ccsc4)CC3)cc2c1. The number of hydrogen-bond donors (Lipinski definition) is 0. The molecule has 0 amide bonds. The summed E-state index contributed by atoms with van der Waals surface area (Å²) in [5.41, 5.74) is 2.44. The summed E-state index contributed by atoms with van der Waals surface area (Å²) >= 11 is 1.79. The van der Waals surface area contributed by atoms with Crippen LogP contribution in [-0.2, 0) is 13.1 Å². The Hall–Kier alpha value is -1.62. The Morgan fingerprint density at radius 1 is 0.957 bits per heavy atom. The van der Waals surface area contributed by atoms with Gasteiger partial charge in [0.25, 0.3) is 0 Å². The molecule has 0 spiro atoms. The standard InChI is InChI=1S/C19H22N2OS/c1-2-5-19-17(4-1)12-18(22-19)14-21-8-3-7-20(9-10-21)13-16-6-11-23-15-16/h1-2,4-6,11-12,15H,3,7-10,13-14H2. The molecule has 4 heteroatoms. The summed E-state index contributed by atoms with van der Waals surface area (Å²) in [5, 5.41) is 5.63. The van der Waals surface area contributed by atoms with Gasteiger partial charge in [-0.15, -0.1) is 0 Å². The van der Waals surface area contributed by atoms with Gasteiger partial charge in [0, 0.05) is 25.0 Å². The van der Waals surface area contributed by atoms with E-state index in [1.165, 1.54) is 23.9 Å². The van der Waals surface area contributed by atoms with Crippen molar-refractivity contribution in [1.82, 2.24) is 9.80 Å². The fraction of sp³-hybridized carbons (Fsp3) is 0.368. The van der Waals surface area contributed by atoms with Crippen LogP contribution in [0.5, 0.6) is 0 Å². The normalized spacial score (nSPS) is 17.6. The Bertz CT molecular complexity index is 717. The lowest BCUT2D eigenvalue weighted by molar-refractivity contribution is 0.236. The second-order valence-corrected chi connectivity index (χ2v) is 7.07. The number of para-hydroxylation sites is 1. The van der Waals surface area contributed by atoms with Crippen molar-refractivity contribution in [2.75, 3.05) is 26.2 Å². The number of benzene rings is 1. The lowest BCUT2D eigenvalue weighted by Gasteiger charge is -2.20. The van der Waals surface area contributed by atoms with Gasteiger partial charge < -0.3 is 4.42 Å². The Labute approximate surface area is 141 Å². The van der Waals surface area contributed by atoms with Gasteiger partial charge in [-0.1, -0.05) is 18.2 Å². The molecular weight excluding hydrogens is 304 g/mol. The van der Waals surface area contributed by atoms with E-state index in [1.54, 1.807) is 11.3 Å². The lowest BCUT2D eigenvalue weighted by atomic mass is 10.2. The molecule has 3 aromatic rings. The predicted molar refractivity (Wildman–Crippen MR) is 95.7 cm³/mol. The first-order valence-corrected chi connectivity index (χ1v) is 9.24. The molecule has 1 aliphatic rings. The highest BCUT2D eigenvalue weighted by Gasteiger charge is 2.16. The highest BCUT2D eigenvalue weighted by Crippen LogP contribution is 2.20. The van der Waals surface area contributed by atoms with Crippen molar-refractivity contribution in [3.05, 3.63) is 58.5 Å². The number of furan rings is 1. The topological polar surface area (TPSA) is 19.6 Å². The highest BCUT2D eigenvalue weighted by atomic mass is 32.1. The van der Waals surface area contributed by atoms with Gasteiger partial charge in [0.1, 0.15) is 11.3 Å². The Kier molecular flexibility index (Phi) is 4.46. The highest BCUT2D eigenvalue weighted by molar-refractivity contribution is 7.07. The summed E-state index contributed by atoms with van der Waals surface area (Å²) in [6.45, 7) is 6.59. The van der Waals surface area contributed by atoms with Gasteiger partial charge in [-0.3, -0.25) is 9.80 Å². The third-order valence-corrected chi connectivity index (χ3v) is 5.26. The van der Waals surface area contributed by atoms with Gasteiger partial charge in [-0.05, 0) is 54.0 Å². The van der Waals surface area contributed by atoms with Crippen molar-refractivity contribution in [3.8, 4) is 0 Å². The first-order valence-electron chi connectivity index (χ1n) is 8.30. The Balaban J connectivity index is 1.36. The molecule has 0 saturated carbocycles. The molecule has 4 rings (SSSR count). The van der Waals surface area contributed by atoms with E-state index < -0.39 is 0 Å². The zero-order valence-electron chi connectivity index (χ0n) is 13.3. The smallest absolute Gasteiger partial charge is 0.134 e. The van der Waals surface area contributed by atoms with E-state index in [1.807, 2.05) is 12.1 Å². The van der Waals surface area contributed by atoms with Crippen molar-refractivity contribution in [2.24, 2.45) is 0 Å². The quantitative estimate of drug-likeness (QED) is 0.716. The fourth-order valence-electron chi connectivity index (χ4n) is 3.32. The molecule has 1 saturated heterocycles. The lowest BCUT2D eigenvalue weighted by Crippen LogP contribution is -2.30. The van der Waals surface area contributed by atoms with Crippen molar-refractivity contribution < 1.29 is 4.42 Å². The molecule has 23 heavy (non-hydrogen) atoms. The summed E-state index contributed by atoms with van der Waals surface area (Å²) in [6, 6.07) is 12.7. The Morgan fingerprint density at radius 2 is 1.78 bits per heavy atom. The minimum Gasteiger partial charge on any atom is -0.460 e. The second kappa shape index (κ2) is 6.87. The van der Waals surface area contributed by atoms with Crippen LogP contribution < -0.4 is 0 Å². The van der Waals surface area contributed by atoms with Gasteiger partial charge in [-0.2, -0.15) is 11.3 Å². The number of rotatable bonds is 4. The third-order valence-electron chi connectivity index (χ3n) is 4.52. The average molecular weight is 326 g/mol. The molecule has 1 aromatic carbocycles. The molecule has 0 atom stereocenters. The van der Waals surface area contributed by atoms with Gasteiger partial charge >= 0.3 is 0 Å². The number of hydrogen-bond acceptors (Lipinski definition) is 4. The maximum absolute atomic E-state index is 5.97. The van der Waals surface area contributed by atoms with E-state index in [2.05, 4.69) is 44.8 Å². The summed E-state index contributed by atoms with van der Waals surface area (Å²) < 4.78 is 5.97. The zero-order chi connectivity index (χ0) is 15.5.